The highest BCUT2D eigenvalue weighted by Crippen LogP contribution is 2.00. The fraction of sp³-hybridized carbons (Fsp3) is 0.500. The highest BCUT2D eigenvalue weighted by atomic mass is 16.5. The van der Waals surface area contributed by atoms with Crippen LogP contribution in [-0.4, -0.2) is 18.5 Å². The highest BCUT2D eigenvalue weighted by Gasteiger charge is 2.01. The summed E-state index contributed by atoms with van der Waals surface area (Å²) >= 11 is 0. The van der Waals surface area contributed by atoms with Crippen LogP contribution in [0.1, 0.15) is 20.3 Å². The number of carbonyl (C=O) groups is 2. The quantitative estimate of drug-likeness (QED) is 0.427. The number of carboxylic acids is 1. The van der Waals surface area contributed by atoms with Crippen LogP contribution in [0.15, 0.2) is 11.6 Å². The SMILES string of the molecule is CCOC(=O)C/C(C)=C/C(=O)[O-]. The topological polar surface area (TPSA) is 66.4 Å². The van der Waals surface area contributed by atoms with Gasteiger partial charge >= 0.3 is 5.97 Å². The van der Waals surface area contributed by atoms with Crippen LogP contribution in [0.3, 0.4) is 0 Å². The first-order valence-electron chi connectivity index (χ1n) is 3.60. The van der Waals surface area contributed by atoms with Gasteiger partial charge < -0.3 is 14.6 Å². The summed E-state index contributed by atoms with van der Waals surface area (Å²) in [5, 5.41) is 10.0. The summed E-state index contributed by atoms with van der Waals surface area (Å²) < 4.78 is 4.60. The lowest BCUT2D eigenvalue weighted by Gasteiger charge is -2.01. The Bertz CT molecular complexity index is 205. The van der Waals surface area contributed by atoms with Crippen LogP contribution >= 0.6 is 0 Å². The molecule has 0 aromatic rings. The van der Waals surface area contributed by atoms with E-state index >= 15 is 0 Å². The lowest BCUT2D eigenvalue weighted by atomic mass is 10.2. The Kier molecular flexibility index (Phi) is 4.76. The minimum atomic E-state index is -1.29. The second-order valence-electron chi connectivity index (χ2n) is 2.29. The molecular weight excluding hydrogens is 160 g/mol. The van der Waals surface area contributed by atoms with Gasteiger partial charge in [0.25, 0.3) is 0 Å². The summed E-state index contributed by atoms with van der Waals surface area (Å²) in [6.07, 6.45) is 0.888. The molecule has 0 aromatic carbocycles. The van der Waals surface area contributed by atoms with Crippen molar-refractivity contribution < 1.29 is 19.4 Å². The normalized spacial score (nSPS) is 11.0. The number of rotatable bonds is 4. The Morgan fingerprint density at radius 3 is 2.50 bits per heavy atom. The van der Waals surface area contributed by atoms with Gasteiger partial charge in [0.1, 0.15) is 0 Å². The van der Waals surface area contributed by atoms with E-state index in [0.717, 1.165) is 6.08 Å². The molecule has 68 valence electrons. The van der Waals surface area contributed by atoms with Gasteiger partial charge in [0, 0.05) is 0 Å². The average molecular weight is 171 g/mol. The fourth-order valence-corrected chi connectivity index (χ4v) is 0.692. The van der Waals surface area contributed by atoms with Gasteiger partial charge in [0.15, 0.2) is 0 Å². The molecule has 0 heterocycles. The molecule has 0 saturated heterocycles. The van der Waals surface area contributed by atoms with E-state index in [-0.39, 0.29) is 6.42 Å². The van der Waals surface area contributed by atoms with Gasteiger partial charge in [-0.25, -0.2) is 0 Å². The van der Waals surface area contributed by atoms with Crippen LogP contribution in [0.4, 0.5) is 0 Å². The molecule has 0 bridgehead atoms. The number of aliphatic carboxylic acids is 1. The van der Waals surface area contributed by atoms with E-state index in [1.54, 1.807) is 6.92 Å². The van der Waals surface area contributed by atoms with E-state index in [1.165, 1.54) is 6.92 Å². The molecule has 0 amide bonds. The Balaban J connectivity index is 3.91. The van der Waals surface area contributed by atoms with Crippen LogP contribution in [0.25, 0.3) is 0 Å². The molecule has 4 nitrogen and oxygen atoms in total. The molecule has 0 saturated carbocycles. The molecular formula is C8H11O4-. The predicted octanol–water partition coefficient (Wildman–Crippen LogP) is -0.364. The van der Waals surface area contributed by atoms with Gasteiger partial charge in [-0.15, -0.1) is 0 Å². The van der Waals surface area contributed by atoms with Gasteiger partial charge in [-0.2, -0.15) is 0 Å². The monoisotopic (exact) mass is 171 g/mol. The fourth-order valence-electron chi connectivity index (χ4n) is 0.692. The summed E-state index contributed by atoms with van der Waals surface area (Å²) in [5.41, 5.74) is 0.424. The lowest BCUT2D eigenvalue weighted by Crippen LogP contribution is -2.19. The van der Waals surface area contributed by atoms with E-state index in [4.69, 9.17) is 0 Å². The first-order chi connectivity index (χ1) is 5.56. The number of hydrogen-bond donors (Lipinski definition) is 0. The molecule has 0 N–H and O–H groups in total. The maximum atomic E-state index is 10.8. The molecule has 0 rings (SSSR count). The van der Waals surface area contributed by atoms with Crippen molar-refractivity contribution in [1.82, 2.24) is 0 Å². The zero-order valence-corrected chi connectivity index (χ0v) is 7.12. The smallest absolute Gasteiger partial charge is 0.309 e. The summed E-state index contributed by atoms with van der Waals surface area (Å²) in [4.78, 5) is 20.8. The number of carboxylic acid groups (broad SMARTS) is 1. The second-order valence-corrected chi connectivity index (χ2v) is 2.29. The van der Waals surface area contributed by atoms with Crippen LogP contribution < -0.4 is 5.11 Å². The summed E-state index contributed by atoms with van der Waals surface area (Å²) in [5.74, 6) is -1.72. The Morgan fingerprint density at radius 1 is 1.50 bits per heavy atom. The number of carbonyl (C=O) groups excluding carboxylic acids is 2. The van der Waals surface area contributed by atoms with Crippen molar-refractivity contribution in [1.29, 1.82) is 0 Å². The van der Waals surface area contributed by atoms with E-state index in [1.807, 2.05) is 0 Å². The third-order valence-corrected chi connectivity index (χ3v) is 1.09. The lowest BCUT2D eigenvalue weighted by molar-refractivity contribution is -0.297. The molecule has 0 atom stereocenters. The third kappa shape index (κ3) is 5.46. The van der Waals surface area contributed by atoms with Gasteiger partial charge in [0.2, 0.25) is 0 Å². The minimum absolute atomic E-state index is 0.00181. The minimum Gasteiger partial charge on any atom is -0.545 e. The molecule has 0 aliphatic rings. The molecule has 12 heavy (non-hydrogen) atoms. The van der Waals surface area contributed by atoms with Gasteiger partial charge in [0.05, 0.1) is 19.0 Å². The van der Waals surface area contributed by atoms with Crippen molar-refractivity contribution in [2.24, 2.45) is 0 Å². The van der Waals surface area contributed by atoms with E-state index in [2.05, 4.69) is 4.74 Å². The maximum absolute atomic E-state index is 10.8. The average Bonchev–Trinajstić information content (AvgIpc) is 1.84. The molecule has 0 fully saturated rings. The Hall–Kier alpha value is -1.32. The van der Waals surface area contributed by atoms with Crippen molar-refractivity contribution in [2.45, 2.75) is 20.3 Å². The van der Waals surface area contributed by atoms with Crippen molar-refractivity contribution in [3.8, 4) is 0 Å². The standard InChI is InChI=1S/C8H12O4/c1-3-12-8(11)5-6(2)4-7(9)10/h4H,3,5H2,1-2H3,(H,9,10)/p-1/b6-4+. The number of ether oxygens (including phenoxy) is 1. The van der Waals surface area contributed by atoms with Crippen LogP contribution in [0, 0.1) is 0 Å². The zero-order valence-electron chi connectivity index (χ0n) is 7.12. The molecule has 0 aliphatic carbocycles. The van der Waals surface area contributed by atoms with Gasteiger partial charge in [-0.1, -0.05) is 5.57 Å². The van der Waals surface area contributed by atoms with E-state index < -0.39 is 11.9 Å². The maximum Gasteiger partial charge on any atom is 0.309 e. The summed E-state index contributed by atoms with van der Waals surface area (Å²) in [6, 6.07) is 0. The number of esters is 1. The Labute approximate surface area is 70.8 Å². The first-order valence-corrected chi connectivity index (χ1v) is 3.60. The molecule has 4 heteroatoms. The van der Waals surface area contributed by atoms with Crippen molar-refractivity contribution in [3.63, 3.8) is 0 Å². The molecule has 0 spiro atoms. The molecule has 0 aromatic heterocycles. The van der Waals surface area contributed by atoms with Crippen LogP contribution in [-0.2, 0) is 14.3 Å². The van der Waals surface area contributed by atoms with E-state index in [9.17, 15) is 14.7 Å². The largest absolute Gasteiger partial charge is 0.545 e. The van der Waals surface area contributed by atoms with E-state index in [0.29, 0.717) is 12.2 Å². The van der Waals surface area contributed by atoms with Crippen molar-refractivity contribution in [2.75, 3.05) is 6.61 Å². The summed E-state index contributed by atoms with van der Waals surface area (Å²) in [7, 11) is 0. The molecule has 0 radical (unpaired) electrons. The zero-order chi connectivity index (χ0) is 9.56. The van der Waals surface area contributed by atoms with Crippen LogP contribution in [0.2, 0.25) is 0 Å². The predicted molar refractivity (Wildman–Crippen MR) is 40.0 cm³/mol. The molecule has 0 unspecified atom stereocenters. The van der Waals surface area contributed by atoms with Crippen molar-refractivity contribution >= 4 is 11.9 Å². The Morgan fingerprint density at radius 2 is 2.08 bits per heavy atom. The number of hydrogen-bond acceptors (Lipinski definition) is 4. The van der Waals surface area contributed by atoms with Crippen molar-refractivity contribution in [3.05, 3.63) is 11.6 Å². The first kappa shape index (κ1) is 10.7. The highest BCUT2D eigenvalue weighted by molar-refractivity contribution is 5.81. The third-order valence-electron chi connectivity index (χ3n) is 1.09. The second kappa shape index (κ2) is 5.35. The van der Waals surface area contributed by atoms with Gasteiger partial charge in [-0.05, 0) is 19.9 Å². The van der Waals surface area contributed by atoms with Gasteiger partial charge in [-0.3, -0.25) is 4.79 Å². The van der Waals surface area contributed by atoms with Crippen LogP contribution in [0.5, 0.6) is 0 Å². The summed E-state index contributed by atoms with van der Waals surface area (Å²) in [6.45, 7) is 3.53. The molecule has 0 aliphatic heterocycles.